The van der Waals surface area contributed by atoms with E-state index in [1.807, 2.05) is 0 Å². The predicted octanol–water partition coefficient (Wildman–Crippen LogP) is 5.35. The third kappa shape index (κ3) is 5.81. The number of Topliss-reactive ketones (excluding diaryl/α,β-unsaturated/α-hetero) is 1. The number of ketones is 1. The zero-order valence-corrected chi connectivity index (χ0v) is 17.6. The van der Waals surface area contributed by atoms with E-state index in [1.165, 1.54) is 12.3 Å². The van der Waals surface area contributed by atoms with Crippen LogP contribution in [0.4, 0.5) is 19.0 Å². The second-order valence-electron chi connectivity index (χ2n) is 7.20. The second kappa shape index (κ2) is 9.76. The Bertz CT molecular complexity index is 1150. The highest BCUT2D eigenvalue weighted by Crippen LogP contribution is 2.33. The minimum atomic E-state index is -4.45. The Labute approximate surface area is 182 Å². The number of fused-ring (bicyclic) bond motifs is 1. The first kappa shape index (κ1) is 23.2. The molecular weight excluding hydrogens is 423 g/mol. The van der Waals surface area contributed by atoms with E-state index in [4.69, 9.17) is 4.74 Å². The zero-order valence-electron chi connectivity index (χ0n) is 17.6. The van der Waals surface area contributed by atoms with Gasteiger partial charge in [-0.25, -0.2) is 4.98 Å². The molecule has 0 saturated heterocycles. The number of carbonyl (C=O) groups is 2. The largest absolute Gasteiger partial charge is 0.493 e. The summed E-state index contributed by atoms with van der Waals surface area (Å²) in [5, 5.41) is 3.11. The fraction of sp³-hybridized carbons (Fsp3) is 0.304. The lowest BCUT2D eigenvalue weighted by Gasteiger charge is -2.11. The van der Waals surface area contributed by atoms with E-state index < -0.39 is 11.7 Å². The van der Waals surface area contributed by atoms with E-state index in [0.29, 0.717) is 41.1 Å². The highest BCUT2D eigenvalue weighted by Gasteiger charge is 2.30. The van der Waals surface area contributed by atoms with Gasteiger partial charge in [-0.1, -0.05) is 6.92 Å². The molecule has 2 heterocycles. The van der Waals surface area contributed by atoms with Crippen LogP contribution in [-0.4, -0.2) is 28.3 Å². The van der Waals surface area contributed by atoms with Gasteiger partial charge in [0.1, 0.15) is 11.6 Å². The standard InChI is InChI=1S/C23H22F3N3O3/c1-3-22(31)29-21-12-15(11-14(2)28-21)19(30)5-4-10-32-20-8-9-27-18-13-16(23(24,25)26)6-7-17(18)20/h6-9,11-13H,3-5,10H2,1-2H3,(H,28,29,31). The van der Waals surface area contributed by atoms with Crippen molar-refractivity contribution >= 4 is 28.4 Å². The van der Waals surface area contributed by atoms with Crippen molar-refractivity contribution in [1.82, 2.24) is 9.97 Å². The van der Waals surface area contributed by atoms with Gasteiger partial charge in [0.05, 0.1) is 17.7 Å². The third-order valence-corrected chi connectivity index (χ3v) is 4.70. The predicted molar refractivity (Wildman–Crippen MR) is 114 cm³/mol. The molecule has 3 aromatic rings. The van der Waals surface area contributed by atoms with Gasteiger partial charge >= 0.3 is 6.18 Å². The van der Waals surface area contributed by atoms with E-state index >= 15 is 0 Å². The van der Waals surface area contributed by atoms with Gasteiger partial charge in [0.15, 0.2) is 5.78 Å². The van der Waals surface area contributed by atoms with Crippen LogP contribution in [0.2, 0.25) is 0 Å². The molecular formula is C23H22F3N3O3. The smallest absolute Gasteiger partial charge is 0.416 e. The molecule has 0 saturated carbocycles. The van der Waals surface area contributed by atoms with Crippen LogP contribution in [-0.2, 0) is 11.0 Å². The first-order chi connectivity index (χ1) is 15.2. The number of alkyl halides is 3. The van der Waals surface area contributed by atoms with Gasteiger partial charge in [0.25, 0.3) is 0 Å². The molecule has 0 aliphatic rings. The van der Waals surface area contributed by atoms with Gasteiger partial charge in [-0.05, 0) is 49.7 Å². The van der Waals surface area contributed by atoms with Crippen molar-refractivity contribution in [2.45, 2.75) is 39.3 Å². The van der Waals surface area contributed by atoms with Crippen LogP contribution in [0.5, 0.6) is 5.75 Å². The van der Waals surface area contributed by atoms with Crippen LogP contribution in [0.25, 0.3) is 10.9 Å². The summed E-state index contributed by atoms with van der Waals surface area (Å²) in [4.78, 5) is 32.3. The lowest BCUT2D eigenvalue weighted by Crippen LogP contribution is -2.12. The lowest BCUT2D eigenvalue weighted by atomic mass is 10.1. The average Bonchev–Trinajstić information content (AvgIpc) is 2.75. The number of amides is 1. The van der Waals surface area contributed by atoms with Crippen molar-refractivity contribution in [3.8, 4) is 5.75 Å². The number of nitrogens with zero attached hydrogens (tertiary/aromatic N) is 2. The van der Waals surface area contributed by atoms with Gasteiger partial charge in [-0.15, -0.1) is 0 Å². The Morgan fingerprint density at radius 2 is 1.91 bits per heavy atom. The molecule has 3 rings (SSSR count). The maximum atomic E-state index is 12.9. The number of ether oxygens (including phenoxy) is 1. The summed E-state index contributed by atoms with van der Waals surface area (Å²) in [6.07, 6.45) is -2.16. The lowest BCUT2D eigenvalue weighted by molar-refractivity contribution is -0.137. The molecule has 9 heteroatoms. The van der Waals surface area contributed by atoms with E-state index in [2.05, 4.69) is 15.3 Å². The normalized spacial score (nSPS) is 11.4. The fourth-order valence-electron chi connectivity index (χ4n) is 3.11. The number of pyridine rings is 2. The van der Waals surface area contributed by atoms with Crippen LogP contribution in [0.15, 0.2) is 42.6 Å². The van der Waals surface area contributed by atoms with Crippen LogP contribution in [0.3, 0.4) is 0 Å². The number of hydrogen-bond donors (Lipinski definition) is 1. The van der Waals surface area contributed by atoms with Gasteiger partial charge in [0.2, 0.25) is 5.91 Å². The summed E-state index contributed by atoms with van der Waals surface area (Å²) in [5.74, 6) is 0.417. The maximum Gasteiger partial charge on any atom is 0.416 e. The molecule has 168 valence electrons. The average molecular weight is 445 g/mol. The molecule has 2 aromatic heterocycles. The number of hydrogen-bond acceptors (Lipinski definition) is 5. The molecule has 0 radical (unpaired) electrons. The third-order valence-electron chi connectivity index (χ3n) is 4.70. The molecule has 1 aromatic carbocycles. The van der Waals surface area contributed by atoms with Crippen LogP contribution in [0.1, 0.15) is 47.8 Å². The van der Waals surface area contributed by atoms with Crippen LogP contribution < -0.4 is 10.1 Å². The Balaban J connectivity index is 1.61. The first-order valence-corrected chi connectivity index (χ1v) is 10.1. The Morgan fingerprint density at radius 3 is 2.62 bits per heavy atom. The Kier molecular flexibility index (Phi) is 7.07. The van der Waals surface area contributed by atoms with Crippen LogP contribution in [0, 0.1) is 6.92 Å². The molecule has 0 aliphatic carbocycles. The van der Waals surface area contributed by atoms with E-state index in [-0.39, 0.29) is 30.2 Å². The quantitative estimate of drug-likeness (QED) is 0.374. The monoisotopic (exact) mass is 445 g/mol. The maximum absolute atomic E-state index is 12.9. The first-order valence-electron chi connectivity index (χ1n) is 10.1. The number of benzene rings is 1. The van der Waals surface area contributed by atoms with Crippen molar-refractivity contribution in [2.75, 3.05) is 11.9 Å². The molecule has 0 aliphatic heterocycles. The molecule has 1 N–H and O–H groups in total. The summed E-state index contributed by atoms with van der Waals surface area (Å²) in [7, 11) is 0. The van der Waals surface area contributed by atoms with Gasteiger partial charge < -0.3 is 10.1 Å². The number of anilines is 1. The van der Waals surface area contributed by atoms with Crippen molar-refractivity contribution < 1.29 is 27.5 Å². The molecule has 0 unspecified atom stereocenters. The second-order valence-corrected chi connectivity index (χ2v) is 7.20. The summed E-state index contributed by atoms with van der Waals surface area (Å²) in [6, 6.07) is 8.06. The number of rotatable bonds is 8. The van der Waals surface area contributed by atoms with Crippen molar-refractivity contribution in [3.05, 3.63) is 59.4 Å². The molecule has 1 amide bonds. The highest BCUT2D eigenvalue weighted by atomic mass is 19.4. The number of carbonyl (C=O) groups excluding carboxylic acids is 2. The molecule has 0 fully saturated rings. The number of nitrogens with one attached hydrogen (secondary N) is 1. The summed E-state index contributed by atoms with van der Waals surface area (Å²) >= 11 is 0. The number of aromatic nitrogens is 2. The summed E-state index contributed by atoms with van der Waals surface area (Å²) in [5.41, 5.74) is 0.461. The summed E-state index contributed by atoms with van der Waals surface area (Å²) in [6.45, 7) is 3.66. The molecule has 0 bridgehead atoms. The SMILES string of the molecule is CCC(=O)Nc1cc(C(=O)CCCOc2ccnc3cc(C(F)(F)F)ccc23)cc(C)n1. The highest BCUT2D eigenvalue weighted by molar-refractivity contribution is 5.98. The Hall–Kier alpha value is -3.49. The topological polar surface area (TPSA) is 81.2 Å². The van der Waals surface area contributed by atoms with E-state index in [0.717, 1.165) is 12.1 Å². The van der Waals surface area contributed by atoms with Gasteiger partial charge in [0, 0.05) is 35.7 Å². The fourth-order valence-corrected chi connectivity index (χ4v) is 3.11. The summed E-state index contributed by atoms with van der Waals surface area (Å²) < 4.78 is 44.4. The van der Waals surface area contributed by atoms with E-state index in [1.54, 1.807) is 32.0 Å². The molecule has 32 heavy (non-hydrogen) atoms. The van der Waals surface area contributed by atoms with E-state index in [9.17, 15) is 22.8 Å². The Morgan fingerprint density at radius 1 is 1.12 bits per heavy atom. The zero-order chi connectivity index (χ0) is 23.3. The van der Waals surface area contributed by atoms with Gasteiger partial charge in [-0.3, -0.25) is 14.6 Å². The molecule has 0 spiro atoms. The van der Waals surface area contributed by atoms with Crippen molar-refractivity contribution in [3.63, 3.8) is 0 Å². The number of halogens is 3. The molecule has 0 atom stereocenters. The van der Waals surface area contributed by atoms with Crippen molar-refractivity contribution in [2.24, 2.45) is 0 Å². The number of aryl methyl sites for hydroxylation is 1. The van der Waals surface area contributed by atoms with Crippen LogP contribution >= 0.6 is 0 Å². The van der Waals surface area contributed by atoms with Gasteiger partial charge in [-0.2, -0.15) is 13.2 Å². The minimum absolute atomic E-state index is 0.125. The van der Waals surface area contributed by atoms with Crippen molar-refractivity contribution in [1.29, 1.82) is 0 Å². The minimum Gasteiger partial charge on any atom is -0.493 e. The molecule has 6 nitrogen and oxygen atoms in total.